The number of hydrogen-bond acceptors (Lipinski definition) is 5. The topological polar surface area (TPSA) is 88.2 Å². The average molecular weight is 416 g/mol. The van der Waals surface area contributed by atoms with E-state index in [9.17, 15) is 19.7 Å². The van der Waals surface area contributed by atoms with Crippen LogP contribution in [0.25, 0.3) is 0 Å². The summed E-state index contributed by atoms with van der Waals surface area (Å²) in [5, 5.41) is 11.3. The van der Waals surface area contributed by atoms with Crippen molar-refractivity contribution in [2.75, 3.05) is 36.0 Å². The van der Waals surface area contributed by atoms with Crippen molar-refractivity contribution in [1.29, 1.82) is 0 Å². The summed E-state index contributed by atoms with van der Waals surface area (Å²) in [5.74, 6) is -0.386. The Morgan fingerprint density at radius 1 is 1.03 bits per heavy atom. The first kappa shape index (κ1) is 19.4. The molecule has 2 fully saturated rings. The summed E-state index contributed by atoms with van der Waals surface area (Å²) in [5.41, 5.74) is 1.50. The van der Waals surface area contributed by atoms with E-state index in [2.05, 4.69) is 4.90 Å². The Morgan fingerprint density at radius 3 is 2.34 bits per heavy atom. The molecule has 0 saturated carbocycles. The predicted octanol–water partition coefficient (Wildman–Crippen LogP) is 1.29. The average Bonchev–Trinajstić information content (AvgIpc) is 3.02. The minimum absolute atomic E-state index is 0.0641. The summed E-state index contributed by atoms with van der Waals surface area (Å²) >= 11 is 6.01. The molecular formula is C20H20ClN4O4+. The fraction of sp³-hybridized carbons (Fsp3) is 0.300. The van der Waals surface area contributed by atoms with Gasteiger partial charge in [-0.3, -0.25) is 19.7 Å². The van der Waals surface area contributed by atoms with Gasteiger partial charge in [-0.1, -0.05) is 17.7 Å². The third-order valence-corrected chi connectivity index (χ3v) is 5.77. The number of rotatable bonds is 4. The molecule has 1 atom stereocenters. The number of nitrogens with zero attached hydrogens (tertiary/aromatic N) is 3. The van der Waals surface area contributed by atoms with E-state index in [4.69, 9.17) is 11.6 Å². The number of benzene rings is 2. The number of nitro benzene ring substituents is 1. The lowest BCUT2D eigenvalue weighted by Gasteiger charge is -2.35. The number of nitrogens with one attached hydrogen (secondary N) is 1. The number of piperazine rings is 1. The molecule has 0 bridgehead atoms. The van der Waals surface area contributed by atoms with Gasteiger partial charge in [0.1, 0.15) is 0 Å². The van der Waals surface area contributed by atoms with Gasteiger partial charge in [0.2, 0.25) is 5.91 Å². The van der Waals surface area contributed by atoms with Crippen molar-refractivity contribution in [3.63, 3.8) is 0 Å². The maximum Gasteiger partial charge on any atom is 0.292 e. The standard InChI is InChI=1S/C20H19ClN4O4/c21-14-2-1-3-17(12-14)24-19(26)13-18(20(24)27)23-10-8-22(9-11-23)15-4-6-16(7-5-15)25(28)29/h1-7,12,18H,8-11,13H2/p+1/t18-/m0/s1. The summed E-state index contributed by atoms with van der Waals surface area (Å²) in [6.45, 7) is 2.85. The Labute approximate surface area is 172 Å². The van der Waals surface area contributed by atoms with E-state index in [-0.39, 0.29) is 30.0 Å². The third kappa shape index (κ3) is 3.81. The van der Waals surface area contributed by atoms with Crippen LogP contribution in [0.4, 0.5) is 17.1 Å². The zero-order chi connectivity index (χ0) is 20.5. The monoisotopic (exact) mass is 415 g/mol. The molecule has 2 aromatic rings. The van der Waals surface area contributed by atoms with Gasteiger partial charge >= 0.3 is 0 Å². The van der Waals surface area contributed by atoms with E-state index >= 15 is 0 Å². The summed E-state index contributed by atoms with van der Waals surface area (Å²) in [6.07, 6.45) is 0.193. The number of quaternary nitrogens is 1. The summed E-state index contributed by atoms with van der Waals surface area (Å²) in [4.78, 5) is 40.3. The maximum atomic E-state index is 12.9. The molecule has 4 rings (SSSR count). The van der Waals surface area contributed by atoms with Crippen molar-refractivity contribution < 1.29 is 19.4 Å². The summed E-state index contributed by atoms with van der Waals surface area (Å²) in [6, 6.07) is 12.9. The number of carbonyl (C=O) groups excluding carboxylic acids is 2. The van der Waals surface area contributed by atoms with Crippen LogP contribution < -0.4 is 14.7 Å². The molecule has 2 saturated heterocycles. The molecule has 1 N–H and O–H groups in total. The Morgan fingerprint density at radius 2 is 1.72 bits per heavy atom. The van der Waals surface area contributed by atoms with Gasteiger partial charge in [0, 0.05) is 22.8 Å². The van der Waals surface area contributed by atoms with Gasteiger partial charge in [0.25, 0.3) is 11.6 Å². The predicted molar refractivity (Wildman–Crippen MR) is 108 cm³/mol. The molecular weight excluding hydrogens is 396 g/mol. The fourth-order valence-electron chi connectivity index (χ4n) is 4.02. The lowest BCUT2D eigenvalue weighted by Crippen LogP contribution is -3.19. The van der Waals surface area contributed by atoms with Crippen LogP contribution in [0.1, 0.15) is 6.42 Å². The highest BCUT2D eigenvalue weighted by molar-refractivity contribution is 6.31. The van der Waals surface area contributed by atoms with Crippen LogP contribution in [0.15, 0.2) is 48.5 Å². The number of amides is 2. The molecule has 29 heavy (non-hydrogen) atoms. The number of non-ortho nitro benzene ring substituents is 1. The van der Waals surface area contributed by atoms with Crippen molar-refractivity contribution >= 4 is 40.5 Å². The first-order chi connectivity index (χ1) is 13.9. The number of halogens is 1. The van der Waals surface area contributed by atoms with Crippen LogP contribution in [0.5, 0.6) is 0 Å². The van der Waals surface area contributed by atoms with Crippen LogP contribution in [-0.2, 0) is 9.59 Å². The van der Waals surface area contributed by atoms with Crippen molar-refractivity contribution in [1.82, 2.24) is 0 Å². The van der Waals surface area contributed by atoms with Crippen molar-refractivity contribution in [2.24, 2.45) is 0 Å². The smallest absolute Gasteiger partial charge is 0.292 e. The molecule has 150 valence electrons. The van der Waals surface area contributed by atoms with Gasteiger partial charge in [-0.05, 0) is 30.3 Å². The number of nitro groups is 1. The molecule has 0 unspecified atom stereocenters. The zero-order valence-corrected chi connectivity index (χ0v) is 16.3. The van der Waals surface area contributed by atoms with Gasteiger partial charge in [-0.25, -0.2) is 4.90 Å². The molecule has 0 aliphatic carbocycles. The first-order valence-electron chi connectivity index (χ1n) is 9.40. The van der Waals surface area contributed by atoms with E-state index in [1.807, 2.05) is 0 Å². The molecule has 2 aliphatic rings. The van der Waals surface area contributed by atoms with Crippen LogP contribution in [0, 0.1) is 10.1 Å². The first-order valence-corrected chi connectivity index (χ1v) is 9.78. The van der Waals surface area contributed by atoms with E-state index in [1.54, 1.807) is 36.4 Å². The molecule has 2 heterocycles. The zero-order valence-electron chi connectivity index (χ0n) is 15.6. The second-order valence-corrected chi connectivity index (χ2v) is 7.66. The molecule has 0 radical (unpaired) electrons. The third-order valence-electron chi connectivity index (χ3n) is 5.54. The van der Waals surface area contributed by atoms with E-state index in [0.29, 0.717) is 36.9 Å². The Hall–Kier alpha value is -2.97. The fourth-order valence-corrected chi connectivity index (χ4v) is 4.21. The highest BCUT2D eigenvalue weighted by Crippen LogP contribution is 2.25. The van der Waals surface area contributed by atoms with Gasteiger partial charge in [-0.15, -0.1) is 0 Å². The Kier molecular flexibility index (Phi) is 5.21. The largest absolute Gasteiger partial charge is 0.360 e. The Balaban J connectivity index is 1.41. The van der Waals surface area contributed by atoms with Crippen molar-refractivity contribution in [3.05, 3.63) is 63.7 Å². The summed E-state index contributed by atoms with van der Waals surface area (Å²) < 4.78 is 0. The van der Waals surface area contributed by atoms with Gasteiger partial charge < -0.3 is 9.80 Å². The second kappa shape index (κ2) is 7.81. The number of imide groups is 1. The Bertz CT molecular complexity index is 957. The van der Waals surface area contributed by atoms with Crippen LogP contribution in [0.3, 0.4) is 0 Å². The lowest BCUT2D eigenvalue weighted by atomic mass is 10.1. The maximum absolute atomic E-state index is 12.9. The van der Waals surface area contributed by atoms with Crippen molar-refractivity contribution in [3.8, 4) is 0 Å². The van der Waals surface area contributed by atoms with Crippen LogP contribution in [0.2, 0.25) is 5.02 Å². The van der Waals surface area contributed by atoms with Gasteiger partial charge in [-0.2, -0.15) is 0 Å². The van der Waals surface area contributed by atoms with Crippen LogP contribution >= 0.6 is 11.6 Å². The summed E-state index contributed by atoms with van der Waals surface area (Å²) in [7, 11) is 0. The molecule has 0 aromatic heterocycles. The van der Waals surface area contributed by atoms with E-state index < -0.39 is 4.92 Å². The quantitative estimate of drug-likeness (QED) is 0.462. The number of hydrogen-bond donors (Lipinski definition) is 1. The molecule has 8 nitrogen and oxygen atoms in total. The lowest BCUT2D eigenvalue weighted by molar-refractivity contribution is -0.915. The second-order valence-electron chi connectivity index (χ2n) is 7.22. The number of anilines is 2. The molecule has 9 heteroatoms. The van der Waals surface area contributed by atoms with E-state index in [0.717, 1.165) is 10.6 Å². The SMILES string of the molecule is O=C1C[C@H]([NH+]2CCN(c3ccc([N+](=O)[O-])cc3)CC2)C(=O)N1c1cccc(Cl)c1. The molecule has 0 spiro atoms. The van der Waals surface area contributed by atoms with Crippen molar-refractivity contribution in [2.45, 2.75) is 12.5 Å². The van der Waals surface area contributed by atoms with Gasteiger partial charge in [0.15, 0.2) is 6.04 Å². The van der Waals surface area contributed by atoms with Gasteiger partial charge in [0.05, 0.1) is 43.2 Å². The normalized spacial score (nSPS) is 20.4. The highest BCUT2D eigenvalue weighted by atomic mass is 35.5. The minimum Gasteiger partial charge on any atom is -0.360 e. The molecule has 2 aliphatic heterocycles. The highest BCUT2D eigenvalue weighted by Gasteiger charge is 2.46. The molecule has 2 aromatic carbocycles. The molecule has 2 amide bonds. The number of carbonyl (C=O) groups is 2. The van der Waals surface area contributed by atoms with E-state index in [1.165, 1.54) is 17.0 Å². The van der Waals surface area contributed by atoms with Crippen LogP contribution in [-0.4, -0.2) is 49.0 Å². The minimum atomic E-state index is -0.416.